The molecule has 0 saturated carbocycles. The molecular formula is C14H14O2. The van der Waals surface area contributed by atoms with E-state index in [2.05, 4.69) is 6.08 Å². The average molecular weight is 214 g/mol. The van der Waals surface area contributed by atoms with Crippen LogP contribution in [0.25, 0.3) is 0 Å². The highest BCUT2D eigenvalue weighted by Gasteiger charge is 2.30. The molecule has 3 aliphatic rings. The second-order valence-electron chi connectivity index (χ2n) is 4.81. The Morgan fingerprint density at radius 1 is 1.06 bits per heavy atom. The molecule has 0 N–H and O–H groups in total. The summed E-state index contributed by atoms with van der Waals surface area (Å²) in [7, 11) is 0. The van der Waals surface area contributed by atoms with Gasteiger partial charge in [0.2, 0.25) is 0 Å². The van der Waals surface area contributed by atoms with Crippen molar-refractivity contribution in [3.05, 3.63) is 34.9 Å². The van der Waals surface area contributed by atoms with E-state index in [1.54, 1.807) is 12.2 Å². The van der Waals surface area contributed by atoms with E-state index in [1.165, 1.54) is 0 Å². The van der Waals surface area contributed by atoms with Gasteiger partial charge in [0, 0.05) is 12.8 Å². The average Bonchev–Trinajstić information content (AvgIpc) is 2.54. The van der Waals surface area contributed by atoms with Crippen LogP contribution in [-0.2, 0) is 9.59 Å². The summed E-state index contributed by atoms with van der Waals surface area (Å²) in [6, 6.07) is 0. The van der Waals surface area contributed by atoms with E-state index in [0.29, 0.717) is 18.8 Å². The Morgan fingerprint density at radius 2 is 1.94 bits per heavy atom. The third-order valence-corrected chi connectivity index (χ3v) is 3.73. The number of hydrogen-bond donors (Lipinski definition) is 0. The molecular weight excluding hydrogens is 200 g/mol. The maximum absolute atomic E-state index is 11.5. The molecule has 0 heterocycles. The Bertz CT molecular complexity index is 463. The second kappa shape index (κ2) is 3.55. The van der Waals surface area contributed by atoms with Crippen LogP contribution in [0.5, 0.6) is 0 Å². The summed E-state index contributed by atoms with van der Waals surface area (Å²) >= 11 is 0. The molecule has 0 aromatic carbocycles. The fourth-order valence-corrected chi connectivity index (χ4v) is 2.93. The minimum atomic E-state index is 0.181. The molecule has 0 spiro atoms. The first-order valence-corrected chi connectivity index (χ1v) is 5.93. The zero-order valence-electron chi connectivity index (χ0n) is 9.16. The van der Waals surface area contributed by atoms with Gasteiger partial charge in [-0.05, 0) is 54.1 Å². The fourth-order valence-electron chi connectivity index (χ4n) is 2.93. The molecule has 1 unspecified atom stereocenters. The van der Waals surface area contributed by atoms with E-state index in [-0.39, 0.29) is 11.6 Å². The Morgan fingerprint density at radius 3 is 2.81 bits per heavy atom. The van der Waals surface area contributed by atoms with Crippen LogP contribution in [0.2, 0.25) is 0 Å². The lowest BCUT2D eigenvalue weighted by Crippen LogP contribution is -2.14. The molecule has 0 bridgehead atoms. The molecule has 1 atom stereocenters. The van der Waals surface area contributed by atoms with Gasteiger partial charge >= 0.3 is 0 Å². The summed E-state index contributed by atoms with van der Waals surface area (Å²) in [5.74, 6) is 0.886. The largest absolute Gasteiger partial charge is 0.295 e. The topological polar surface area (TPSA) is 34.1 Å². The number of hydrogen-bond acceptors (Lipinski definition) is 2. The number of carbonyl (C=O) groups is 2. The summed E-state index contributed by atoms with van der Waals surface area (Å²) in [5.41, 5.74) is 3.33. The standard InChI is InChI=1S/C14H14O2/c15-11-5-4-9-2-1-3-10-6-12(16)8-14(10)13(9)7-11/h3,7-9H,1-2,4-6H2. The highest BCUT2D eigenvalue weighted by Crippen LogP contribution is 2.41. The third-order valence-electron chi connectivity index (χ3n) is 3.73. The van der Waals surface area contributed by atoms with Crippen LogP contribution in [0.4, 0.5) is 0 Å². The van der Waals surface area contributed by atoms with Crippen LogP contribution in [-0.4, -0.2) is 11.6 Å². The number of fused-ring (bicyclic) bond motifs is 3. The number of ketones is 2. The number of rotatable bonds is 0. The second-order valence-corrected chi connectivity index (χ2v) is 4.81. The van der Waals surface area contributed by atoms with Crippen molar-refractivity contribution in [2.75, 3.05) is 0 Å². The van der Waals surface area contributed by atoms with Crippen LogP contribution in [0.1, 0.15) is 32.1 Å². The Labute approximate surface area is 94.7 Å². The first-order valence-electron chi connectivity index (χ1n) is 5.93. The molecule has 0 saturated heterocycles. The van der Waals surface area contributed by atoms with Crippen LogP contribution in [0, 0.1) is 5.92 Å². The van der Waals surface area contributed by atoms with E-state index in [1.807, 2.05) is 0 Å². The van der Waals surface area contributed by atoms with Crippen molar-refractivity contribution in [1.29, 1.82) is 0 Å². The Kier molecular flexibility index (Phi) is 2.16. The summed E-state index contributed by atoms with van der Waals surface area (Å²) in [6.07, 6.45) is 10.0. The van der Waals surface area contributed by atoms with Gasteiger partial charge in [0.15, 0.2) is 11.6 Å². The Balaban J connectivity index is 2.09. The first kappa shape index (κ1) is 9.76. The molecule has 82 valence electrons. The first-order chi connectivity index (χ1) is 7.74. The molecule has 2 nitrogen and oxygen atoms in total. The molecule has 0 radical (unpaired) electrons. The van der Waals surface area contributed by atoms with Gasteiger partial charge in [0.05, 0.1) is 0 Å². The van der Waals surface area contributed by atoms with Gasteiger partial charge in [-0.15, -0.1) is 0 Å². The smallest absolute Gasteiger partial charge is 0.160 e. The summed E-state index contributed by atoms with van der Waals surface area (Å²) in [4.78, 5) is 22.9. The molecule has 3 aliphatic carbocycles. The monoisotopic (exact) mass is 214 g/mol. The molecule has 0 aromatic heterocycles. The quantitative estimate of drug-likeness (QED) is 0.621. The normalized spacial score (nSPS) is 28.8. The van der Waals surface area contributed by atoms with Gasteiger partial charge in [-0.1, -0.05) is 6.08 Å². The van der Waals surface area contributed by atoms with Crippen LogP contribution < -0.4 is 0 Å². The molecule has 0 aliphatic heterocycles. The van der Waals surface area contributed by atoms with Crippen molar-refractivity contribution in [3.8, 4) is 0 Å². The lowest BCUT2D eigenvalue weighted by Gasteiger charge is -2.22. The van der Waals surface area contributed by atoms with Gasteiger partial charge in [0.1, 0.15) is 0 Å². The fraction of sp³-hybridized carbons (Fsp3) is 0.429. The van der Waals surface area contributed by atoms with Crippen molar-refractivity contribution in [3.63, 3.8) is 0 Å². The van der Waals surface area contributed by atoms with Gasteiger partial charge in [-0.25, -0.2) is 0 Å². The molecule has 0 amide bonds. The van der Waals surface area contributed by atoms with Crippen molar-refractivity contribution < 1.29 is 9.59 Å². The van der Waals surface area contributed by atoms with E-state index in [4.69, 9.17) is 0 Å². The van der Waals surface area contributed by atoms with Crippen molar-refractivity contribution in [2.24, 2.45) is 5.92 Å². The summed E-state index contributed by atoms with van der Waals surface area (Å²) < 4.78 is 0. The van der Waals surface area contributed by atoms with Gasteiger partial charge in [-0.3, -0.25) is 9.59 Å². The molecule has 0 fully saturated rings. The predicted molar refractivity (Wildman–Crippen MR) is 60.8 cm³/mol. The SMILES string of the molecule is O=C1C=C2C3=CC(=O)CC3=CCCC2CC1. The van der Waals surface area contributed by atoms with Crippen LogP contribution >= 0.6 is 0 Å². The Hall–Kier alpha value is -1.44. The number of allylic oxidation sites excluding steroid dienone is 6. The molecule has 2 heteroatoms. The van der Waals surface area contributed by atoms with E-state index >= 15 is 0 Å². The highest BCUT2D eigenvalue weighted by atomic mass is 16.1. The van der Waals surface area contributed by atoms with Gasteiger partial charge in [0.25, 0.3) is 0 Å². The van der Waals surface area contributed by atoms with Crippen molar-refractivity contribution in [1.82, 2.24) is 0 Å². The molecule has 3 rings (SSSR count). The van der Waals surface area contributed by atoms with Gasteiger partial charge < -0.3 is 0 Å². The van der Waals surface area contributed by atoms with Crippen LogP contribution in [0.15, 0.2) is 34.9 Å². The summed E-state index contributed by atoms with van der Waals surface area (Å²) in [6.45, 7) is 0. The minimum Gasteiger partial charge on any atom is -0.295 e. The maximum atomic E-state index is 11.5. The lowest BCUT2D eigenvalue weighted by atomic mass is 9.81. The minimum absolute atomic E-state index is 0.181. The van der Waals surface area contributed by atoms with E-state index in [0.717, 1.165) is 36.0 Å². The van der Waals surface area contributed by atoms with Crippen molar-refractivity contribution >= 4 is 11.6 Å². The summed E-state index contributed by atoms with van der Waals surface area (Å²) in [5, 5.41) is 0. The zero-order chi connectivity index (χ0) is 11.1. The van der Waals surface area contributed by atoms with Crippen LogP contribution in [0.3, 0.4) is 0 Å². The zero-order valence-corrected chi connectivity index (χ0v) is 9.16. The third kappa shape index (κ3) is 1.49. The molecule has 16 heavy (non-hydrogen) atoms. The number of carbonyl (C=O) groups excluding carboxylic acids is 2. The lowest BCUT2D eigenvalue weighted by molar-refractivity contribution is -0.115. The highest BCUT2D eigenvalue weighted by molar-refractivity contribution is 6.00. The maximum Gasteiger partial charge on any atom is 0.160 e. The predicted octanol–water partition coefficient (Wildman–Crippen LogP) is 2.51. The van der Waals surface area contributed by atoms with Gasteiger partial charge in [-0.2, -0.15) is 0 Å². The van der Waals surface area contributed by atoms with E-state index < -0.39 is 0 Å². The molecule has 0 aromatic rings. The van der Waals surface area contributed by atoms with Crippen molar-refractivity contribution in [2.45, 2.75) is 32.1 Å². The van der Waals surface area contributed by atoms with E-state index in [9.17, 15) is 9.59 Å².